The molecule has 0 aromatic rings. The van der Waals surface area contributed by atoms with Crippen LogP contribution in [0.1, 0.15) is 219 Å². The van der Waals surface area contributed by atoms with Crippen LogP contribution in [0, 0.1) is 0 Å². The highest BCUT2D eigenvalue weighted by Gasteiger charge is 2.44. The molecule has 1 heterocycles. The van der Waals surface area contributed by atoms with E-state index in [0.717, 1.165) is 109 Å². The van der Waals surface area contributed by atoms with Crippen molar-refractivity contribution in [1.82, 2.24) is 0 Å². The van der Waals surface area contributed by atoms with Gasteiger partial charge in [0, 0.05) is 12.8 Å². The molecular weight excluding hydrogens is 893 g/mol. The maximum atomic E-state index is 12.9. The minimum absolute atomic E-state index is 0.219. The molecule has 0 spiro atoms. The largest absolute Gasteiger partial charge is 0.462 e. The number of allylic oxidation sites excluding steroid dienone is 16. The molecule has 0 aromatic carbocycles. The fourth-order valence-corrected chi connectivity index (χ4v) is 8.11. The van der Waals surface area contributed by atoms with Crippen molar-refractivity contribution in [3.8, 4) is 0 Å². The van der Waals surface area contributed by atoms with E-state index in [1.165, 1.54) is 77.0 Å². The van der Waals surface area contributed by atoms with E-state index < -0.39 is 49.4 Å². The van der Waals surface area contributed by atoms with E-state index in [1.54, 1.807) is 0 Å². The van der Waals surface area contributed by atoms with E-state index in [-0.39, 0.29) is 32.0 Å². The smallest absolute Gasteiger partial charge is 0.306 e. The zero-order chi connectivity index (χ0) is 51.5. The first-order chi connectivity index (χ1) is 34.8. The summed E-state index contributed by atoms with van der Waals surface area (Å²) >= 11 is 0. The van der Waals surface area contributed by atoms with E-state index in [0.29, 0.717) is 6.42 Å². The number of unbranched alkanes of at least 4 members (excludes halogenated alkanes) is 20. The van der Waals surface area contributed by atoms with Gasteiger partial charge in [-0.25, -0.2) is 0 Å². The van der Waals surface area contributed by atoms with Crippen molar-refractivity contribution in [2.24, 2.45) is 0 Å². The molecule has 71 heavy (non-hydrogen) atoms. The zero-order valence-electron chi connectivity index (χ0n) is 44.7. The molecule has 10 nitrogen and oxygen atoms in total. The highest BCUT2D eigenvalue weighted by atomic mass is 16.7. The summed E-state index contributed by atoms with van der Waals surface area (Å²) in [6.45, 7) is 3.21. The number of aliphatic hydroxyl groups is 4. The molecule has 6 unspecified atom stereocenters. The molecule has 1 aliphatic rings. The van der Waals surface area contributed by atoms with Gasteiger partial charge in [0.05, 0.1) is 13.2 Å². The first kappa shape index (κ1) is 65.6. The lowest BCUT2D eigenvalue weighted by Crippen LogP contribution is -2.59. The summed E-state index contributed by atoms with van der Waals surface area (Å²) < 4.78 is 22.3. The van der Waals surface area contributed by atoms with Crippen LogP contribution in [0.5, 0.6) is 0 Å². The molecule has 0 bridgehead atoms. The van der Waals surface area contributed by atoms with Gasteiger partial charge in [-0.1, -0.05) is 214 Å². The molecule has 0 radical (unpaired) electrons. The molecule has 0 aromatic heterocycles. The molecular formula is C61H102O10. The number of aliphatic hydroxyl groups excluding tert-OH is 4. The van der Waals surface area contributed by atoms with Gasteiger partial charge in [-0.05, 0) is 89.9 Å². The maximum Gasteiger partial charge on any atom is 0.306 e. The Labute approximate surface area is 432 Å². The Kier molecular flexibility index (Phi) is 46.4. The summed E-state index contributed by atoms with van der Waals surface area (Å²) in [7, 11) is 0. The van der Waals surface area contributed by atoms with Crippen LogP contribution in [0.4, 0.5) is 0 Å². The number of carbonyl (C=O) groups is 2. The standard InChI is InChI=1S/C61H102O10/c1-3-5-7-9-11-13-15-17-19-21-23-25-27-29-31-33-35-37-39-41-43-45-47-49-56(63)68-52-54(53-69-61-60(67)59(66)58(65)55(51-62)71-61)70-57(64)50-48-46-44-42-40-38-36-34-32-30-28-26-24-22-20-18-16-14-12-10-8-6-4-2/h5-8,11-14,17-20,23-26,54-55,58-62,65-67H,3-4,9-10,15-16,21-22,27-53H2,1-2H3/b7-5-,8-6-,13-11-,14-12-,19-17-,20-18-,25-23-,26-24-. The van der Waals surface area contributed by atoms with Gasteiger partial charge < -0.3 is 39.4 Å². The molecule has 1 fully saturated rings. The molecule has 6 atom stereocenters. The third kappa shape index (κ3) is 40.8. The lowest BCUT2D eigenvalue weighted by molar-refractivity contribution is -0.305. The van der Waals surface area contributed by atoms with Crippen LogP contribution in [0.15, 0.2) is 97.2 Å². The Morgan fingerprint density at radius 3 is 1.18 bits per heavy atom. The second-order valence-electron chi connectivity index (χ2n) is 19.0. The average molecular weight is 995 g/mol. The minimum atomic E-state index is -1.60. The third-order valence-corrected chi connectivity index (χ3v) is 12.5. The molecule has 1 rings (SSSR count). The number of carbonyl (C=O) groups excluding carboxylic acids is 2. The molecule has 0 saturated carbocycles. The second-order valence-corrected chi connectivity index (χ2v) is 19.0. The van der Waals surface area contributed by atoms with Crippen LogP contribution >= 0.6 is 0 Å². The summed E-state index contributed by atoms with van der Waals surface area (Å²) in [6, 6.07) is 0. The fraction of sp³-hybridized carbons (Fsp3) is 0.705. The first-order valence-corrected chi connectivity index (χ1v) is 28.3. The highest BCUT2D eigenvalue weighted by Crippen LogP contribution is 2.23. The lowest BCUT2D eigenvalue weighted by atomic mass is 9.99. The Balaban J connectivity index is 2.22. The first-order valence-electron chi connectivity index (χ1n) is 28.3. The van der Waals surface area contributed by atoms with Gasteiger partial charge in [-0.3, -0.25) is 9.59 Å². The third-order valence-electron chi connectivity index (χ3n) is 12.5. The lowest BCUT2D eigenvalue weighted by Gasteiger charge is -2.39. The van der Waals surface area contributed by atoms with Gasteiger partial charge in [0.2, 0.25) is 0 Å². The predicted molar refractivity (Wildman–Crippen MR) is 293 cm³/mol. The van der Waals surface area contributed by atoms with Crippen LogP contribution in [-0.2, 0) is 28.5 Å². The van der Waals surface area contributed by atoms with Crippen molar-refractivity contribution in [3.05, 3.63) is 97.2 Å². The van der Waals surface area contributed by atoms with Crippen molar-refractivity contribution in [3.63, 3.8) is 0 Å². The van der Waals surface area contributed by atoms with E-state index in [1.807, 2.05) is 0 Å². The maximum absolute atomic E-state index is 12.9. The van der Waals surface area contributed by atoms with Gasteiger partial charge in [0.1, 0.15) is 31.0 Å². The summed E-state index contributed by atoms with van der Waals surface area (Å²) in [5.74, 6) is -0.818. The Morgan fingerprint density at radius 1 is 0.437 bits per heavy atom. The van der Waals surface area contributed by atoms with Gasteiger partial charge >= 0.3 is 11.9 Å². The monoisotopic (exact) mass is 995 g/mol. The number of rotatable bonds is 47. The van der Waals surface area contributed by atoms with E-state index in [9.17, 15) is 30.0 Å². The van der Waals surface area contributed by atoms with Crippen LogP contribution in [-0.4, -0.2) is 89.0 Å². The number of ether oxygens (including phenoxy) is 4. The summed E-state index contributed by atoms with van der Waals surface area (Å²) in [6.07, 6.45) is 61.2. The number of esters is 2. The minimum Gasteiger partial charge on any atom is -0.462 e. The summed E-state index contributed by atoms with van der Waals surface area (Å²) in [5, 5.41) is 40.3. The number of hydrogen-bond acceptors (Lipinski definition) is 10. The van der Waals surface area contributed by atoms with E-state index >= 15 is 0 Å². The highest BCUT2D eigenvalue weighted by molar-refractivity contribution is 5.70. The van der Waals surface area contributed by atoms with Crippen molar-refractivity contribution >= 4 is 11.9 Å². The summed E-state index contributed by atoms with van der Waals surface area (Å²) in [5.41, 5.74) is 0. The SMILES string of the molecule is CC/C=C\C/C=C\C/C=C\C/C=C\CCCCCCCCCCCCC(=O)OCC(COC1OC(CO)C(O)C(O)C1O)OC(=O)CCCCCCCCCCCC/C=C\C/C=C\C/C=C\C/C=C\CC. The normalized spacial score (nSPS) is 19.4. The fourth-order valence-electron chi connectivity index (χ4n) is 8.11. The molecule has 4 N–H and O–H groups in total. The van der Waals surface area contributed by atoms with Gasteiger partial charge in [-0.15, -0.1) is 0 Å². The van der Waals surface area contributed by atoms with Crippen molar-refractivity contribution in [1.29, 1.82) is 0 Å². The second kappa shape index (κ2) is 50.2. The summed E-state index contributed by atoms with van der Waals surface area (Å²) in [4.78, 5) is 25.6. The Bertz CT molecular complexity index is 1480. The molecule has 1 saturated heterocycles. The van der Waals surface area contributed by atoms with Crippen molar-refractivity contribution in [2.45, 2.75) is 256 Å². The van der Waals surface area contributed by atoms with Crippen molar-refractivity contribution < 1.29 is 49.0 Å². The average Bonchev–Trinajstić information content (AvgIpc) is 3.37. The van der Waals surface area contributed by atoms with Crippen molar-refractivity contribution in [2.75, 3.05) is 19.8 Å². The predicted octanol–water partition coefficient (Wildman–Crippen LogP) is 14.2. The quantitative estimate of drug-likeness (QED) is 0.0263. The Hall–Kier alpha value is -3.38. The molecule has 1 aliphatic heterocycles. The van der Waals surface area contributed by atoms with Gasteiger partial charge in [0.25, 0.3) is 0 Å². The van der Waals surface area contributed by atoms with Crippen LogP contribution in [0.3, 0.4) is 0 Å². The van der Waals surface area contributed by atoms with Gasteiger partial charge in [-0.2, -0.15) is 0 Å². The zero-order valence-corrected chi connectivity index (χ0v) is 44.7. The van der Waals surface area contributed by atoms with E-state index in [4.69, 9.17) is 18.9 Å². The van der Waals surface area contributed by atoms with Crippen LogP contribution < -0.4 is 0 Å². The van der Waals surface area contributed by atoms with Crippen LogP contribution in [0.2, 0.25) is 0 Å². The molecule has 0 amide bonds. The topological polar surface area (TPSA) is 152 Å². The van der Waals surface area contributed by atoms with Crippen LogP contribution in [0.25, 0.3) is 0 Å². The number of hydrogen-bond donors (Lipinski definition) is 4. The van der Waals surface area contributed by atoms with Gasteiger partial charge in [0.15, 0.2) is 12.4 Å². The molecule has 406 valence electrons. The molecule has 10 heteroatoms. The Morgan fingerprint density at radius 2 is 0.789 bits per heavy atom. The molecule has 0 aliphatic carbocycles. The van der Waals surface area contributed by atoms with E-state index in [2.05, 4.69) is 111 Å².